The van der Waals surface area contributed by atoms with Crippen LogP contribution in [0.3, 0.4) is 0 Å². The zero-order valence-corrected chi connectivity index (χ0v) is 14.5. The Balaban J connectivity index is 1.87. The second-order valence-electron chi connectivity index (χ2n) is 6.86. The number of rotatable bonds is 4. The van der Waals surface area contributed by atoms with Crippen molar-refractivity contribution in [2.75, 3.05) is 20.6 Å². The van der Waals surface area contributed by atoms with Crippen LogP contribution < -0.4 is 0 Å². The number of β-amino-alcohol motifs (C(OH)–C–C–N with tert-alkyl or cyclic N) is 1. The fraction of sp³-hybridized carbons (Fsp3) is 0.350. The van der Waals surface area contributed by atoms with Gasteiger partial charge in [-0.2, -0.15) is 0 Å². The van der Waals surface area contributed by atoms with Gasteiger partial charge >= 0.3 is 0 Å². The Morgan fingerprint density at radius 3 is 2.72 bits per heavy atom. The van der Waals surface area contributed by atoms with E-state index in [4.69, 9.17) is 0 Å². The van der Waals surface area contributed by atoms with Gasteiger partial charge in [0.25, 0.3) is 5.91 Å². The van der Waals surface area contributed by atoms with E-state index in [0.717, 1.165) is 12.1 Å². The molecule has 3 rings (SSSR count). The molecule has 0 radical (unpaired) electrons. The van der Waals surface area contributed by atoms with Crippen LogP contribution in [-0.4, -0.2) is 47.6 Å². The van der Waals surface area contributed by atoms with E-state index in [0.29, 0.717) is 17.5 Å². The molecule has 0 aliphatic carbocycles. The summed E-state index contributed by atoms with van der Waals surface area (Å²) < 4.78 is 13.6. The van der Waals surface area contributed by atoms with Gasteiger partial charge in [0, 0.05) is 18.7 Å². The van der Waals surface area contributed by atoms with Crippen molar-refractivity contribution in [3.63, 3.8) is 0 Å². The fourth-order valence-corrected chi connectivity index (χ4v) is 3.40. The average molecular weight is 342 g/mol. The molecule has 2 atom stereocenters. The third-order valence-electron chi connectivity index (χ3n) is 4.45. The molecule has 2 aromatic carbocycles. The molecule has 0 saturated carbocycles. The Hall–Kier alpha value is -2.24. The van der Waals surface area contributed by atoms with Crippen LogP contribution in [0, 0.1) is 5.82 Å². The Morgan fingerprint density at radius 2 is 2.00 bits per heavy atom. The van der Waals surface area contributed by atoms with Crippen molar-refractivity contribution in [3.8, 4) is 0 Å². The number of nitrogens with zero attached hydrogens (tertiary/aromatic N) is 2. The summed E-state index contributed by atoms with van der Waals surface area (Å²) in [5.41, 5.74) is 2.36. The molecule has 5 heteroatoms. The molecule has 0 aromatic heterocycles. The largest absolute Gasteiger partial charge is 0.391 e. The first kappa shape index (κ1) is 17.6. The minimum absolute atomic E-state index is 0.133. The van der Waals surface area contributed by atoms with E-state index >= 15 is 0 Å². The fourth-order valence-electron chi connectivity index (χ4n) is 3.40. The van der Waals surface area contributed by atoms with Crippen molar-refractivity contribution in [1.82, 2.24) is 9.80 Å². The van der Waals surface area contributed by atoms with Crippen LogP contribution in [0.2, 0.25) is 0 Å². The summed E-state index contributed by atoms with van der Waals surface area (Å²) >= 11 is 0. The number of likely N-dealkylation sites (tertiary alicyclic amines) is 1. The van der Waals surface area contributed by atoms with Crippen molar-refractivity contribution in [1.29, 1.82) is 0 Å². The van der Waals surface area contributed by atoms with E-state index in [9.17, 15) is 14.3 Å². The molecule has 1 amide bonds. The normalized spacial score (nSPS) is 20.3. The van der Waals surface area contributed by atoms with Gasteiger partial charge in [-0.15, -0.1) is 0 Å². The predicted molar refractivity (Wildman–Crippen MR) is 94.6 cm³/mol. The molecular formula is C20H23FN2O2. The first-order valence-electron chi connectivity index (χ1n) is 8.42. The van der Waals surface area contributed by atoms with Gasteiger partial charge in [-0.25, -0.2) is 4.39 Å². The highest BCUT2D eigenvalue weighted by atomic mass is 19.1. The van der Waals surface area contributed by atoms with Crippen LogP contribution in [0.5, 0.6) is 0 Å². The van der Waals surface area contributed by atoms with Gasteiger partial charge < -0.3 is 14.9 Å². The second-order valence-corrected chi connectivity index (χ2v) is 6.86. The number of aliphatic hydroxyl groups excluding tert-OH is 1. The molecule has 1 aliphatic heterocycles. The van der Waals surface area contributed by atoms with Crippen molar-refractivity contribution in [2.45, 2.75) is 25.1 Å². The number of carbonyl (C=O) groups is 1. The Morgan fingerprint density at radius 1 is 1.24 bits per heavy atom. The molecule has 1 fully saturated rings. The lowest BCUT2D eigenvalue weighted by molar-refractivity contribution is 0.0715. The molecule has 132 valence electrons. The summed E-state index contributed by atoms with van der Waals surface area (Å²) in [4.78, 5) is 16.7. The highest BCUT2D eigenvalue weighted by Crippen LogP contribution is 2.33. The highest BCUT2D eigenvalue weighted by molar-refractivity contribution is 5.95. The number of aliphatic hydroxyl groups is 1. The maximum absolute atomic E-state index is 13.6. The zero-order valence-electron chi connectivity index (χ0n) is 14.5. The van der Waals surface area contributed by atoms with Crippen molar-refractivity contribution in [3.05, 3.63) is 71.0 Å². The lowest BCUT2D eigenvalue weighted by Crippen LogP contribution is -2.32. The third-order valence-corrected chi connectivity index (χ3v) is 4.45. The molecule has 25 heavy (non-hydrogen) atoms. The maximum Gasteiger partial charge on any atom is 0.254 e. The van der Waals surface area contributed by atoms with E-state index in [1.165, 1.54) is 12.1 Å². The molecule has 2 aromatic rings. The predicted octanol–water partition coefficient (Wildman–Crippen LogP) is 2.84. The minimum Gasteiger partial charge on any atom is -0.391 e. The summed E-state index contributed by atoms with van der Waals surface area (Å²) in [6.07, 6.45) is -0.172. The van der Waals surface area contributed by atoms with Gasteiger partial charge in [-0.1, -0.05) is 24.3 Å². The third kappa shape index (κ3) is 4.06. The molecule has 0 bridgehead atoms. The summed E-state index contributed by atoms with van der Waals surface area (Å²) in [6, 6.07) is 13.5. The molecule has 0 spiro atoms. The van der Waals surface area contributed by atoms with E-state index in [1.807, 2.05) is 37.2 Å². The Kier molecular flexibility index (Phi) is 5.16. The van der Waals surface area contributed by atoms with Crippen LogP contribution in [-0.2, 0) is 6.54 Å². The lowest BCUT2D eigenvalue weighted by Gasteiger charge is -2.25. The standard InChI is InChI=1S/C20H23FN2O2/c1-22(2)12-14-5-3-7-16(9-14)20(25)23-13-18(24)11-19(23)15-6-4-8-17(21)10-15/h3-10,18-19,24H,11-13H2,1-2H3/t18-,19-/m0/s1. The minimum atomic E-state index is -0.595. The molecule has 4 nitrogen and oxygen atoms in total. The number of amides is 1. The Bertz CT molecular complexity index is 763. The van der Waals surface area contributed by atoms with E-state index in [1.54, 1.807) is 23.1 Å². The first-order valence-corrected chi connectivity index (χ1v) is 8.42. The van der Waals surface area contributed by atoms with Crippen LogP contribution in [0.1, 0.15) is 33.9 Å². The van der Waals surface area contributed by atoms with Crippen molar-refractivity contribution < 1.29 is 14.3 Å². The topological polar surface area (TPSA) is 43.8 Å². The van der Waals surface area contributed by atoms with Crippen LogP contribution in [0.15, 0.2) is 48.5 Å². The van der Waals surface area contributed by atoms with Crippen LogP contribution >= 0.6 is 0 Å². The quantitative estimate of drug-likeness (QED) is 0.929. The number of hydrogen-bond acceptors (Lipinski definition) is 3. The van der Waals surface area contributed by atoms with Gasteiger partial charge in [-0.3, -0.25) is 4.79 Å². The number of carbonyl (C=O) groups excluding carboxylic acids is 1. The molecule has 1 aliphatic rings. The molecule has 0 unspecified atom stereocenters. The van der Waals surface area contributed by atoms with Gasteiger partial charge in [0.1, 0.15) is 5.82 Å². The van der Waals surface area contributed by atoms with Crippen LogP contribution in [0.25, 0.3) is 0 Å². The van der Waals surface area contributed by atoms with E-state index < -0.39 is 6.10 Å². The highest BCUT2D eigenvalue weighted by Gasteiger charge is 2.35. The van der Waals surface area contributed by atoms with Gasteiger partial charge in [0.05, 0.1) is 12.1 Å². The second kappa shape index (κ2) is 7.33. The number of benzene rings is 2. The monoisotopic (exact) mass is 342 g/mol. The smallest absolute Gasteiger partial charge is 0.254 e. The number of halogens is 1. The average Bonchev–Trinajstić information content (AvgIpc) is 2.96. The van der Waals surface area contributed by atoms with E-state index in [2.05, 4.69) is 0 Å². The molecule has 1 heterocycles. The molecular weight excluding hydrogens is 319 g/mol. The summed E-state index contributed by atoms with van der Waals surface area (Å²) in [5, 5.41) is 10.1. The maximum atomic E-state index is 13.6. The van der Waals surface area contributed by atoms with Gasteiger partial charge in [-0.05, 0) is 55.9 Å². The summed E-state index contributed by atoms with van der Waals surface area (Å²) in [5.74, 6) is -0.467. The molecule has 1 saturated heterocycles. The summed E-state index contributed by atoms with van der Waals surface area (Å²) in [7, 11) is 3.95. The SMILES string of the molecule is CN(C)Cc1cccc(C(=O)N2C[C@@H](O)C[C@H]2c2cccc(F)c2)c1. The first-order chi connectivity index (χ1) is 11.9. The number of hydrogen-bond donors (Lipinski definition) is 1. The van der Waals surface area contributed by atoms with Gasteiger partial charge in [0.15, 0.2) is 0 Å². The van der Waals surface area contributed by atoms with Crippen molar-refractivity contribution >= 4 is 5.91 Å². The molecule has 1 N–H and O–H groups in total. The van der Waals surface area contributed by atoms with E-state index in [-0.39, 0.29) is 24.3 Å². The lowest BCUT2D eigenvalue weighted by atomic mass is 10.0. The van der Waals surface area contributed by atoms with Gasteiger partial charge in [0.2, 0.25) is 0 Å². The Labute approximate surface area is 147 Å². The van der Waals surface area contributed by atoms with Crippen LogP contribution in [0.4, 0.5) is 4.39 Å². The summed E-state index contributed by atoms with van der Waals surface area (Å²) in [6.45, 7) is 1.01. The van der Waals surface area contributed by atoms with Crippen molar-refractivity contribution in [2.24, 2.45) is 0 Å². The zero-order chi connectivity index (χ0) is 18.0.